The molecule has 0 atom stereocenters. The molecule has 0 unspecified atom stereocenters. The molecule has 0 spiro atoms. The van der Waals surface area contributed by atoms with Crippen LogP contribution < -0.4 is 15.4 Å². The highest BCUT2D eigenvalue weighted by molar-refractivity contribution is 5.35. The summed E-state index contributed by atoms with van der Waals surface area (Å²) < 4.78 is 5.32. The first-order valence-electron chi connectivity index (χ1n) is 7.26. The number of aromatic nitrogens is 3. The number of ether oxygens (including phenoxy) is 1. The van der Waals surface area contributed by atoms with E-state index < -0.39 is 0 Å². The average molecular weight is 282 g/mol. The van der Waals surface area contributed by atoms with Crippen LogP contribution in [-0.2, 0) is 0 Å². The summed E-state index contributed by atoms with van der Waals surface area (Å²) in [6, 6.07) is 0.343. The van der Waals surface area contributed by atoms with Gasteiger partial charge in [0, 0.05) is 20.1 Å². The van der Waals surface area contributed by atoms with Crippen molar-refractivity contribution >= 4 is 11.9 Å². The highest BCUT2D eigenvalue weighted by Crippen LogP contribution is 2.10. The Morgan fingerprint density at radius 1 is 1.05 bits per heavy atom. The van der Waals surface area contributed by atoms with Gasteiger partial charge in [0.25, 0.3) is 0 Å². The smallest absolute Gasteiger partial charge is 0.323 e. The molecule has 1 heterocycles. The van der Waals surface area contributed by atoms with Gasteiger partial charge < -0.3 is 20.3 Å². The Kier molecular flexibility index (Phi) is 7.64. The largest absolute Gasteiger partial charge is 0.464 e. The zero-order valence-electron chi connectivity index (χ0n) is 12.9. The maximum atomic E-state index is 5.32. The van der Waals surface area contributed by atoms with Crippen LogP contribution in [0.1, 0.15) is 27.2 Å². The van der Waals surface area contributed by atoms with Gasteiger partial charge in [0.15, 0.2) is 0 Å². The second-order valence-electron chi connectivity index (χ2n) is 4.31. The van der Waals surface area contributed by atoms with Gasteiger partial charge in [0.2, 0.25) is 11.9 Å². The molecule has 7 heteroatoms. The maximum absolute atomic E-state index is 5.32. The Labute approximate surface area is 121 Å². The number of nitrogens with zero attached hydrogens (tertiary/aromatic N) is 4. The Bertz CT molecular complexity index is 387. The molecule has 0 amide bonds. The summed E-state index contributed by atoms with van der Waals surface area (Å²) in [5.41, 5.74) is 0. The molecule has 0 saturated heterocycles. The molecule has 0 bridgehead atoms. The van der Waals surface area contributed by atoms with E-state index in [4.69, 9.17) is 4.74 Å². The normalized spacial score (nSPS) is 10.7. The van der Waals surface area contributed by atoms with Crippen molar-refractivity contribution in [1.29, 1.82) is 0 Å². The molecule has 114 valence electrons. The van der Waals surface area contributed by atoms with E-state index in [1.165, 1.54) is 0 Å². The zero-order chi connectivity index (χ0) is 14.8. The van der Waals surface area contributed by atoms with Gasteiger partial charge in [0.05, 0.1) is 6.61 Å². The minimum Gasteiger partial charge on any atom is -0.464 e. The molecule has 1 rings (SSSR count). The zero-order valence-corrected chi connectivity index (χ0v) is 12.9. The van der Waals surface area contributed by atoms with Crippen molar-refractivity contribution in [3.8, 4) is 6.01 Å². The number of hydrogen-bond donors (Lipinski definition) is 2. The molecular weight excluding hydrogens is 256 g/mol. The second-order valence-corrected chi connectivity index (χ2v) is 4.31. The van der Waals surface area contributed by atoms with Crippen LogP contribution in [-0.4, -0.2) is 59.7 Å². The fourth-order valence-corrected chi connectivity index (χ4v) is 1.81. The Morgan fingerprint density at radius 3 is 2.40 bits per heavy atom. The number of anilines is 2. The van der Waals surface area contributed by atoms with Crippen molar-refractivity contribution in [2.24, 2.45) is 0 Å². The Hall–Kier alpha value is -1.63. The standard InChI is InChI=1S/C13H26N6O/c1-5-9-19(6-2)10-8-15-12-16-11(14-4)17-13(18-12)20-7-3/h5-10H2,1-4H3,(H2,14,15,16,17,18). The van der Waals surface area contributed by atoms with Crippen LogP contribution in [0.5, 0.6) is 6.01 Å². The third kappa shape index (κ3) is 5.56. The molecule has 0 aliphatic carbocycles. The lowest BCUT2D eigenvalue weighted by Crippen LogP contribution is -2.30. The molecule has 0 aliphatic heterocycles. The number of rotatable bonds is 10. The third-order valence-electron chi connectivity index (χ3n) is 2.81. The summed E-state index contributed by atoms with van der Waals surface area (Å²) in [6.45, 7) is 10.7. The lowest BCUT2D eigenvalue weighted by atomic mass is 10.4. The summed E-state index contributed by atoms with van der Waals surface area (Å²) in [7, 11) is 1.77. The molecular formula is C13H26N6O. The van der Waals surface area contributed by atoms with Crippen molar-refractivity contribution in [1.82, 2.24) is 19.9 Å². The van der Waals surface area contributed by atoms with Crippen molar-refractivity contribution < 1.29 is 4.74 Å². The number of nitrogens with one attached hydrogen (secondary N) is 2. The molecule has 1 aromatic heterocycles. The van der Waals surface area contributed by atoms with Gasteiger partial charge in [-0.05, 0) is 26.4 Å². The molecule has 2 N–H and O–H groups in total. The summed E-state index contributed by atoms with van der Waals surface area (Å²) >= 11 is 0. The monoisotopic (exact) mass is 282 g/mol. The second kappa shape index (κ2) is 9.30. The quantitative estimate of drug-likeness (QED) is 0.673. The van der Waals surface area contributed by atoms with E-state index in [1.807, 2.05) is 6.92 Å². The average Bonchev–Trinajstić information content (AvgIpc) is 2.46. The van der Waals surface area contributed by atoms with E-state index in [2.05, 4.69) is 44.3 Å². The van der Waals surface area contributed by atoms with E-state index in [1.54, 1.807) is 7.05 Å². The van der Waals surface area contributed by atoms with Gasteiger partial charge in [-0.25, -0.2) is 0 Å². The summed E-state index contributed by atoms with van der Waals surface area (Å²) in [5, 5.41) is 6.12. The van der Waals surface area contributed by atoms with Gasteiger partial charge >= 0.3 is 6.01 Å². The predicted octanol–water partition coefficient (Wildman–Crippen LogP) is 1.46. The Morgan fingerprint density at radius 2 is 1.80 bits per heavy atom. The number of likely N-dealkylation sites (N-methyl/N-ethyl adjacent to an activating group) is 1. The fourth-order valence-electron chi connectivity index (χ4n) is 1.81. The van der Waals surface area contributed by atoms with E-state index in [0.29, 0.717) is 24.5 Å². The van der Waals surface area contributed by atoms with Gasteiger partial charge in [-0.2, -0.15) is 15.0 Å². The first-order valence-corrected chi connectivity index (χ1v) is 7.26. The minimum atomic E-state index is 0.343. The van der Waals surface area contributed by atoms with Crippen molar-refractivity contribution in [3.63, 3.8) is 0 Å². The molecule has 1 aromatic rings. The van der Waals surface area contributed by atoms with Crippen LogP contribution in [0.25, 0.3) is 0 Å². The van der Waals surface area contributed by atoms with E-state index in [0.717, 1.165) is 32.6 Å². The summed E-state index contributed by atoms with van der Waals surface area (Å²) in [5.74, 6) is 1.05. The van der Waals surface area contributed by atoms with Crippen molar-refractivity contribution in [2.45, 2.75) is 27.2 Å². The van der Waals surface area contributed by atoms with Crippen LogP contribution in [0, 0.1) is 0 Å². The highest BCUT2D eigenvalue weighted by atomic mass is 16.5. The van der Waals surface area contributed by atoms with E-state index >= 15 is 0 Å². The van der Waals surface area contributed by atoms with Gasteiger partial charge in [-0.1, -0.05) is 13.8 Å². The molecule has 0 radical (unpaired) electrons. The first kappa shape index (κ1) is 16.4. The lowest BCUT2D eigenvalue weighted by Gasteiger charge is -2.19. The molecule has 0 aromatic carbocycles. The van der Waals surface area contributed by atoms with Gasteiger partial charge in [-0.15, -0.1) is 0 Å². The third-order valence-corrected chi connectivity index (χ3v) is 2.81. The molecule has 20 heavy (non-hydrogen) atoms. The summed E-state index contributed by atoms with van der Waals surface area (Å²) in [4.78, 5) is 15.0. The molecule has 0 aliphatic rings. The first-order chi connectivity index (χ1) is 9.73. The summed E-state index contributed by atoms with van der Waals surface area (Å²) in [6.07, 6.45) is 1.16. The van der Waals surface area contributed by atoms with Crippen molar-refractivity contribution in [2.75, 3.05) is 50.5 Å². The van der Waals surface area contributed by atoms with E-state index in [-0.39, 0.29) is 0 Å². The molecule has 0 fully saturated rings. The van der Waals surface area contributed by atoms with Crippen LogP contribution in [0.3, 0.4) is 0 Å². The number of hydrogen-bond acceptors (Lipinski definition) is 7. The highest BCUT2D eigenvalue weighted by Gasteiger charge is 2.06. The minimum absolute atomic E-state index is 0.343. The van der Waals surface area contributed by atoms with Crippen molar-refractivity contribution in [3.05, 3.63) is 0 Å². The van der Waals surface area contributed by atoms with Gasteiger partial charge in [-0.3, -0.25) is 0 Å². The SMILES string of the molecule is CCCN(CC)CCNc1nc(NC)nc(OCC)n1. The lowest BCUT2D eigenvalue weighted by molar-refractivity contribution is 0.299. The van der Waals surface area contributed by atoms with Crippen LogP contribution in [0.4, 0.5) is 11.9 Å². The van der Waals surface area contributed by atoms with Gasteiger partial charge in [0.1, 0.15) is 0 Å². The van der Waals surface area contributed by atoms with Crippen LogP contribution in [0.15, 0.2) is 0 Å². The van der Waals surface area contributed by atoms with E-state index in [9.17, 15) is 0 Å². The maximum Gasteiger partial charge on any atom is 0.323 e. The molecule has 7 nitrogen and oxygen atoms in total. The topological polar surface area (TPSA) is 75.2 Å². The van der Waals surface area contributed by atoms with Crippen LogP contribution >= 0.6 is 0 Å². The predicted molar refractivity (Wildman–Crippen MR) is 81.4 cm³/mol. The molecule has 0 saturated carbocycles. The van der Waals surface area contributed by atoms with Crippen LogP contribution in [0.2, 0.25) is 0 Å². The fraction of sp³-hybridized carbons (Fsp3) is 0.769. The Balaban J connectivity index is 2.55.